The molecule has 6 nitrogen and oxygen atoms in total. The second kappa shape index (κ2) is 5.79. The van der Waals surface area contributed by atoms with Crippen LogP contribution in [0.3, 0.4) is 0 Å². The summed E-state index contributed by atoms with van der Waals surface area (Å²) in [5, 5.41) is 0.682. The van der Waals surface area contributed by atoms with Crippen LogP contribution in [0.2, 0.25) is 0 Å². The molecule has 0 radical (unpaired) electrons. The van der Waals surface area contributed by atoms with Gasteiger partial charge in [-0.25, -0.2) is 16.8 Å². The van der Waals surface area contributed by atoms with Gasteiger partial charge >= 0.3 is 29.6 Å². The molecule has 3 aromatic rings. The molecule has 0 aliphatic heterocycles. The smallest absolute Gasteiger partial charge is 0.744 e. The molecule has 0 unspecified atom stereocenters. The third kappa shape index (κ3) is 3.18. The van der Waals surface area contributed by atoms with Crippen LogP contribution in [0.15, 0.2) is 50.6 Å². The average molecular weight is 369 g/mol. The second-order valence-corrected chi connectivity index (χ2v) is 8.26. The van der Waals surface area contributed by atoms with Crippen molar-refractivity contribution < 1.29 is 55.4 Å². The molecule has 10 heteroatoms. The largest absolute Gasteiger partial charge is 1.00 e. The van der Waals surface area contributed by atoms with Crippen LogP contribution in [0.1, 0.15) is 0 Å². The Morgan fingerprint density at radius 2 is 1.32 bits per heavy atom. The van der Waals surface area contributed by atoms with Gasteiger partial charge in [0.25, 0.3) is 9.05 Å². The van der Waals surface area contributed by atoms with Gasteiger partial charge in [0.05, 0.1) is 9.79 Å². The van der Waals surface area contributed by atoms with E-state index >= 15 is 0 Å². The molecule has 0 atom stereocenters. The Bertz CT molecular complexity index is 999. The maximum absolute atomic E-state index is 11.3. The predicted octanol–water partition coefficient (Wildman–Crippen LogP) is -0.578. The quantitative estimate of drug-likeness (QED) is 0.340. The van der Waals surface area contributed by atoms with Gasteiger partial charge in [-0.15, -0.1) is 0 Å². The van der Waals surface area contributed by atoms with Crippen LogP contribution in [-0.2, 0) is 19.2 Å². The number of hydrogen-bond donors (Lipinski definition) is 0. The molecule has 0 aliphatic carbocycles. The molecule has 0 N–H and O–H groups in total. The zero-order valence-corrected chi connectivity index (χ0v) is 15.5. The predicted molar refractivity (Wildman–Crippen MR) is 74.7 cm³/mol. The first-order valence-corrected chi connectivity index (χ1v) is 9.25. The third-order valence-corrected chi connectivity index (χ3v) is 5.17. The Balaban J connectivity index is 0.00000176. The molecule has 0 fully saturated rings. The van der Waals surface area contributed by atoms with Crippen molar-refractivity contribution >= 4 is 51.8 Å². The van der Waals surface area contributed by atoms with Gasteiger partial charge in [-0.05, 0) is 36.4 Å². The minimum absolute atomic E-state index is 0. The standard InChI is InChI=1S/C12H7ClO6S2.Na/c13-20(14,15)7-1-3-11-9(5-7)10-6-8(21(16,17)18)2-4-12(10)19-11;/h1-6H,(H,16,17,18);/q;+1/p-1. The molecule has 0 spiro atoms. The Hall–Kier alpha value is -0.610. The number of halogens is 1. The van der Waals surface area contributed by atoms with E-state index < -0.39 is 24.1 Å². The normalized spacial score (nSPS) is 12.5. The monoisotopic (exact) mass is 368 g/mol. The van der Waals surface area contributed by atoms with Gasteiger partial charge in [0, 0.05) is 21.5 Å². The summed E-state index contributed by atoms with van der Waals surface area (Å²) in [7, 11) is -3.27. The number of hydrogen-bond acceptors (Lipinski definition) is 6. The van der Waals surface area contributed by atoms with E-state index in [4.69, 9.17) is 15.1 Å². The van der Waals surface area contributed by atoms with Gasteiger partial charge in [0.15, 0.2) is 0 Å². The van der Waals surface area contributed by atoms with Gasteiger partial charge in [-0.2, -0.15) is 0 Å². The fraction of sp³-hybridized carbons (Fsp3) is 0. The van der Waals surface area contributed by atoms with Crippen molar-refractivity contribution in [2.75, 3.05) is 0 Å². The third-order valence-electron chi connectivity index (χ3n) is 2.98. The molecule has 0 saturated heterocycles. The van der Waals surface area contributed by atoms with E-state index in [9.17, 15) is 21.4 Å². The summed E-state index contributed by atoms with van der Waals surface area (Å²) < 4.78 is 61.3. The molecule has 3 rings (SSSR count). The van der Waals surface area contributed by atoms with Crippen LogP contribution in [0.25, 0.3) is 21.9 Å². The maximum atomic E-state index is 11.3. The minimum Gasteiger partial charge on any atom is -0.744 e. The second-order valence-electron chi connectivity index (χ2n) is 4.31. The van der Waals surface area contributed by atoms with Crippen LogP contribution in [0, 0.1) is 0 Å². The summed E-state index contributed by atoms with van der Waals surface area (Å²) >= 11 is 0. The molecule has 110 valence electrons. The van der Waals surface area contributed by atoms with Crippen molar-refractivity contribution in [3.8, 4) is 0 Å². The fourth-order valence-electron chi connectivity index (χ4n) is 2.04. The van der Waals surface area contributed by atoms with E-state index in [0.717, 1.165) is 12.1 Å². The van der Waals surface area contributed by atoms with Crippen molar-refractivity contribution in [1.29, 1.82) is 0 Å². The van der Waals surface area contributed by atoms with E-state index in [1.54, 1.807) is 0 Å². The molecule has 0 saturated carbocycles. The average Bonchev–Trinajstić information content (AvgIpc) is 2.73. The Kier molecular flexibility index (Phi) is 4.67. The first kappa shape index (κ1) is 17.7. The van der Waals surface area contributed by atoms with Crippen LogP contribution in [-0.4, -0.2) is 21.4 Å². The molecular formula is C12H6ClNaO6S2. The summed E-state index contributed by atoms with van der Waals surface area (Å²) in [4.78, 5) is -0.563. The zero-order valence-electron chi connectivity index (χ0n) is 11.1. The first-order valence-electron chi connectivity index (χ1n) is 5.53. The van der Waals surface area contributed by atoms with Crippen LogP contribution < -0.4 is 29.6 Å². The Morgan fingerprint density at radius 3 is 1.77 bits per heavy atom. The maximum Gasteiger partial charge on any atom is 1.00 e. The summed E-state index contributed by atoms with van der Waals surface area (Å²) in [5.41, 5.74) is 0.691. The molecule has 0 bridgehead atoms. The number of rotatable bonds is 2. The molecule has 22 heavy (non-hydrogen) atoms. The van der Waals surface area contributed by atoms with E-state index in [-0.39, 0.29) is 34.5 Å². The zero-order chi connectivity index (χ0) is 15.4. The van der Waals surface area contributed by atoms with Crippen molar-refractivity contribution in [3.63, 3.8) is 0 Å². The van der Waals surface area contributed by atoms with E-state index in [1.807, 2.05) is 0 Å². The van der Waals surface area contributed by atoms with E-state index in [2.05, 4.69) is 0 Å². The fourth-order valence-corrected chi connectivity index (χ4v) is 3.32. The number of fused-ring (bicyclic) bond motifs is 3. The van der Waals surface area contributed by atoms with E-state index in [0.29, 0.717) is 21.9 Å². The topological polar surface area (TPSA) is 104 Å². The Morgan fingerprint density at radius 1 is 0.864 bits per heavy atom. The van der Waals surface area contributed by atoms with Crippen LogP contribution in [0.4, 0.5) is 0 Å². The summed E-state index contributed by atoms with van der Waals surface area (Å²) in [5.74, 6) is 0. The van der Waals surface area contributed by atoms with Crippen molar-refractivity contribution in [3.05, 3.63) is 36.4 Å². The van der Waals surface area contributed by atoms with Crippen molar-refractivity contribution in [1.82, 2.24) is 0 Å². The summed E-state index contributed by atoms with van der Waals surface area (Å²) in [6, 6.07) is 7.58. The van der Waals surface area contributed by atoms with E-state index in [1.165, 1.54) is 24.3 Å². The molecular weight excluding hydrogens is 363 g/mol. The summed E-state index contributed by atoms with van der Waals surface area (Å²) in [6.45, 7) is 0. The van der Waals surface area contributed by atoms with Crippen molar-refractivity contribution in [2.45, 2.75) is 9.79 Å². The van der Waals surface area contributed by atoms with Crippen LogP contribution in [0.5, 0.6) is 0 Å². The Labute approximate surface area is 152 Å². The molecule has 1 aromatic heterocycles. The van der Waals surface area contributed by atoms with Crippen LogP contribution >= 0.6 is 10.7 Å². The number of furan rings is 1. The van der Waals surface area contributed by atoms with Gasteiger partial charge in [0.2, 0.25) is 0 Å². The first-order chi connectivity index (χ1) is 9.66. The summed E-state index contributed by atoms with van der Waals surface area (Å²) in [6.07, 6.45) is 0. The number of benzene rings is 2. The molecule has 1 heterocycles. The molecule has 0 aliphatic rings. The SMILES string of the molecule is O=S(=O)([O-])c1ccc2oc3ccc(S(=O)(=O)Cl)cc3c2c1.[Na+]. The van der Waals surface area contributed by atoms with Gasteiger partial charge in [-0.1, -0.05) is 0 Å². The molecule has 0 amide bonds. The van der Waals surface area contributed by atoms with Gasteiger partial charge in [-0.3, -0.25) is 0 Å². The minimum atomic E-state index is -4.62. The van der Waals surface area contributed by atoms with Crippen molar-refractivity contribution in [2.24, 2.45) is 0 Å². The van der Waals surface area contributed by atoms with Gasteiger partial charge in [0.1, 0.15) is 21.3 Å². The van der Waals surface area contributed by atoms with Gasteiger partial charge < -0.3 is 8.97 Å². The molecule has 2 aromatic carbocycles.